The van der Waals surface area contributed by atoms with Crippen LogP contribution in [0.5, 0.6) is 0 Å². The van der Waals surface area contributed by atoms with E-state index in [0.29, 0.717) is 6.04 Å². The van der Waals surface area contributed by atoms with Crippen molar-refractivity contribution < 1.29 is 0 Å². The lowest BCUT2D eigenvalue weighted by Crippen LogP contribution is -2.33. The van der Waals surface area contributed by atoms with Gasteiger partial charge in [-0.05, 0) is 53.4 Å². The van der Waals surface area contributed by atoms with Crippen LogP contribution in [-0.4, -0.2) is 11.5 Å². The molecule has 1 aliphatic carbocycles. The minimum atomic E-state index is 0.387. The Balaban J connectivity index is 2.03. The molecule has 1 unspecified atom stereocenters. The van der Waals surface area contributed by atoms with Crippen molar-refractivity contribution in [2.24, 2.45) is 5.92 Å². The molecular weight excluding hydrogens is 300 g/mol. The van der Waals surface area contributed by atoms with Gasteiger partial charge in [-0.2, -0.15) is 0 Å². The van der Waals surface area contributed by atoms with E-state index in [4.69, 9.17) is 4.98 Å². The molecule has 0 radical (unpaired) electrons. The number of para-hydroxylation sites is 1. The van der Waals surface area contributed by atoms with E-state index >= 15 is 0 Å². The van der Waals surface area contributed by atoms with Crippen LogP contribution < -0.4 is 5.32 Å². The highest BCUT2D eigenvalue weighted by molar-refractivity contribution is 9.10. The number of halogens is 1. The van der Waals surface area contributed by atoms with Crippen molar-refractivity contribution in [1.29, 1.82) is 0 Å². The third-order valence-electron chi connectivity index (χ3n) is 4.04. The number of nitrogens with zero attached hydrogens (tertiary/aromatic N) is 1. The van der Waals surface area contributed by atoms with Gasteiger partial charge < -0.3 is 5.32 Å². The average Bonchev–Trinajstić information content (AvgIpc) is 2.35. The fraction of sp³-hybridized carbons (Fsp3) is 0.438. The molecule has 3 heteroatoms. The van der Waals surface area contributed by atoms with Crippen LogP contribution in [0, 0.1) is 5.92 Å². The Bertz CT molecular complexity index is 578. The quantitative estimate of drug-likeness (QED) is 0.901. The van der Waals surface area contributed by atoms with E-state index in [1.54, 1.807) is 0 Å². The van der Waals surface area contributed by atoms with Crippen molar-refractivity contribution in [3.63, 3.8) is 0 Å². The summed E-state index contributed by atoms with van der Waals surface area (Å²) in [5, 5.41) is 4.81. The first-order valence-electron chi connectivity index (χ1n) is 7.08. The highest BCUT2D eigenvalue weighted by Gasteiger charge is 2.30. The largest absolute Gasteiger partial charge is 0.309 e. The minimum Gasteiger partial charge on any atom is -0.309 e. The predicted molar refractivity (Wildman–Crippen MR) is 83.2 cm³/mol. The molecule has 100 valence electrons. The Hall–Kier alpha value is -0.930. The smallest absolute Gasteiger partial charge is 0.0725 e. The maximum absolute atomic E-state index is 4.89. The van der Waals surface area contributed by atoms with Crippen molar-refractivity contribution in [3.05, 3.63) is 40.5 Å². The SMILES string of the molecule is CCNC(c1nc2ccccc2cc1Br)C1CCC1. The number of rotatable bonds is 4. The monoisotopic (exact) mass is 318 g/mol. The number of hydrogen-bond donors (Lipinski definition) is 1. The Morgan fingerprint density at radius 1 is 1.37 bits per heavy atom. The fourth-order valence-electron chi connectivity index (χ4n) is 2.80. The zero-order chi connectivity index (χ0) is 13.2. The Morgan fingerprint density at radius 3 is 2.84 bits per heavy atom. The standard InChI is InChI=1S/C16H19BrN2/c1-2-18-15(11-7-5-8-11)16-13(17)10-12-6-3-4-9-14(12)19-16/h3-4,6,9-11,15,18H,2,5,7-8H2,1H3. The van der Waals surface area contributed by atoms with Crippen LogP contribution in [0.15, 0.2) is 34.8 Å². The molecule has 0 bridgehead atoms. The van der Waals surface area contributed by atoms with Crippen molar-refractivity contribution in [2.45, 2.75) is 32.2 Å². The van der Waals surface area contributed by atoms with Gasteiger partial charge in [-0.3, -0.25) is 0 Å². The topological polar surface area (TPSA) is 24.9 Å². The van der Waals surface area contributed by atoms with Gasteiger partial charge in [0.05, 0.1) is 17.3 Å². The average molecular weight is 319 g/mol. The number of hydrogen-bond acceptors (Lipinski definition) is 2. The summed E-state index contributed by atoms with van der Waals surface area (Å²) >= 11 is 3.71. The summed E-state index contributed by atoms with van der Waals surface area (Å²) in [5.74, 6) is 0.741. The van der Waals surface area contributed by atoms with Gasteiger partial charge in [-0.25, -0.2) is 4.98 Å². The molecule has 1 aliphatic rings. The van der Waals surface area contributed by atoms with Crippen LogP contribution >= 0.6 is 15.9 Å². The van der Waals surface area contributed by atoms with Crippen LogP contribution in [0.4, 0.5) is 0 Å². The molecule has 0 saturated heterocycles. The van der Waals surface area contributed by atoms with Gasteiger partial charge >= 0.3 is 0 Å². The van der Waals surface area contributed by atoms with Crippen molar-refractivity contribution in [1.82, 2.24) is 10.3 Å². The van der Waals surface area contributed by atoms with Gasteiger partial charge in [0.2, 0.25) is 0 Å². The molecule has 1 N–H and O–H groups in total. The third-order valence-corrected chi connectivity index (χ3v) is 4.68. The second-order valence-electron chi connectivity index (χ2n) is 5.27. The van der Waals surface area contributed by atoms with E-state index in [1.165, 1.54) is 30.3 Å². The van der Waals surface area contributed by atoms with Crippen LogP contribution in [0.3, 0.4) is 0 Å². The second-order valence-corrected chi connectivity index (χ2v) is 6.13. The summed E-state index contributed by atoms with van der Waals surface area (Å²) in [4.78, 5) is 4.89. The molecule has 3 rings (SSSR count). The van der Waals surface area contributed by atoms with Crippen LogP contribution in [0.25, 0.3) is 10.9 Å². The maximum atomic E-state index is 4.89. The summed E-state index contributed by atoms with van der Waals surface area (Å²) in [6, 6.07) is 10.9. The molecule has 2 nitrogen and oxygen atoms in total. The lowest BCUT2D eigenvalue weighted by Gasteiger charge is -2.34. The third kappa shape index (κ3) is 2.54. The molecule has 0 amide bonds. The highest BCUT2D eigenvalue weighted by atomic mass is 79.9. The van der Waals surface area contributed by atoms with E-state index in [1.807, 2.05) is 0 Å². The molecule has 19 heavy (non-hydrogen) atoms. The Kier molecular flexibility index (Phi) is 3.85. The Morgan fingerprint density at radius 2 is 2.16 bits per heavy atom. The summed E-state index contributed by atoms with van der Waals surface area (Å²) in [6.45, 7) is 3.16. The molecule has 1 atom stereocenters. The van der Waals surface area contributed by atoms with Crippen LogP contribution in [0.1, 0.15) is 37.9 Å². The van der Waals surface area contributed by atoms with Crippen molar-refractivity contribution >= 4 is 26.8 Å². The lowest BCUT2D eigenvalue weighted by atomic mass is 9.78. The van der Waals surface area contributed by atoms with E-state index in [-0.39, 0.29) is 0 Å². The molecule has 1 heterocycles. The van der Waals surface area contributed by atoms with Gasteiger partial charge in [-0.1, -0.05) is 31.5 Å². The molecule has 0 aliphatic heterocycles. The summed E-state index contributed by atoms with van der Waals surface area (Å²) in [7, 11) is 0. The first kappa shape index (κ1) is 13.1. The molecule has 1 aromatic heterocycles. The molecule has 0 spiro atoms. The first-order chi connectivity index (χ1) is 9.29. The number of aromatic nitrogens is 1. The maximum Gasteiger partial charge on any atom is 0.0725 e. The van der Waals surface area contributed by atoms with E-state index in [0.717, 1.165) is 22.5 Å². The van der Waals surface area contributed by atoms with Crippen molar-refractivity contribution in [2.75, 3.05) is 6.54 Å². The highest BCUT2D eigenvalue weighted by Crippen LogP contribution is 2.39. The zero-order valence-electron chi connectivity index (χ0n) is 11.2. The van der Waals surface area contributed by atoms with E-state index < -0.39 is 0 Å². The molecule has 1 aromatic carbocycles. The summed E-state index contributed by atoms with van der Waals surface area (Å²) in [5.41, 5.74) is 2.26. The van der Waals surface area contributed by atoms with Gasteiger partial charge in [0, 0.05) is 9.86 Å². The predicted octanol–water partition coefficient (Wildman–Crippen LogP) is 4.45. The molecule has 1 saturated carbocycles. The summed E-state index contributed by atoms with van der Waals surface area (Å²) in [6.07, 6.45) is 4.00. The fourth-order valence-corrected chi connectivity index (χ4v) is 3.38. The number of fused-ring (bicyclic) bond motifs is 1. The van der Waals surface area contributed by atoms with Crippen LogP contribution in [0.2, 0.25) is 0 Å². The Labute approximate surface area is 122 Å². The van der Waals surface area contributed by atoms with Crippen molar-refractivity contribution in [3.8, 4) is 0 Å². The van der Waals surface area contributed by atoms with Crippen LogP contribution in [-0.2, 0) is 0 Å². The van der Waals surface area contributed by atoms with E-state index in [2.05, 4.69) is 58.5 Å². The number of pyridine rings is 1. The van der Waals surface area contributed by atoms with E-state index in [9.17, 15) is 0 Å². The first-order valence-corrected chi connectivity index (χ1v) is 7.87. The zero-order valence-corrected chi connectivity index (χ0v) is 12.8. The lowest BCUT2D eigenvalue weighted by molar-refractivity contribution is 0.229. The summed E-state index contributed by atoms with van der Waals surface area (Å²) < 4.78 is 1.13. The molecule has 2 aromatic rings. The number of nitrogens with one attached hydrogen (secondary N) is 1. The van der Waals surface area contributed by atoms with Gasteiger partial charge in [0.15, 0.2) is 0 Å². The minimum absolute atomic E-state index is 0.387. The van der Waals surface area contributed by atoms with Gasteiger partial charge in [-0.15, -0.1) is 0 Å². The molecule has 1 fully saturated rings. The van der Waals surface area contributed by atoms with Gasteiger partial charge in [0.1, 0.15) is 0 Å². The second kappa shape index (κ2) is 5.59. The van der Waals surface area contributed by atoms with Gasteiger partial charge in [0.25, 0.3) is 0 Å². The molecular formula is C16H19BrN2. The normalized spacial score (nSPS) is 17.4. The number of benzene rings is 1.